The van der Waals surface area contributed by atoms with Gasteiger partial charge < -0.3 is 10.1 Å². The van der Waals surface area contributed by atoms with Gasteiger partial charge in [-0.3, -0.25) is 9.48 Å². The summed E-state index contributed by atoms with van der Waals surface area (Å²) in [5.74, 6) is 0.586. The molecule has 27 heavy (non-hydrogen) atoms. The Hall–Kier alpha value is -3.08. The third-order valence-corrected chi connectivity index (χ3v) is 4.37. The zero-order chi connectivity index (χ0) is 19.4. The quantitative estimate of drug-likeness (QED) is 0.701. The monoisotopic (exact) mass is 363 g/mol. The van der Waals surface area contributed by atoms with Gasteiger partial charge in [-0.05, 0) is 69.2 Å². The van der Waals surface area contributed by atoms with Crippen LogP contribution in [-0.4, -0.2) is 22.3 Å². The van der Waals surface area contributed by atoms with Crippen molar-refractivity contribution >= 4 is 11.6 Å². The second-order valence-corrected chi connectivity index (χ2v) is 6.65. The minimum absolute atomic E-state index is 0.154. The molecule has 0 aliphatic heterocycles. The van der Waals surface area contributed by atoms with Gasteiger partial charge in [0.25, 0.3) is 5.91 Å². The van der Waals surface area contributed by atoms with E-state index in [1.807, 2.05) is 68.8 Å². The molecule has 1 N–H and O–H groups in total. The van der Waals surface area contributed by atoms with Crippen LogP contribution in [-0.2, 0) is 6.54 Å². The topological polar surface area (TPSA) is 56.1 Å². The lowest BCUT2D eigenvalue weighted by atomic mass is 10.1. The highest BCUT2D eigenvalue weighted by Crippen LogP contribution is 2.21. The number of nitrogens with one attached hydrogen (secondary N) is 1. The summed E-state index contributed by atoms with van der Waals surface area (Å²) in [7, 11) is 0. The predicted molar refractivity (Wildman–Crippen MR) is 108 cm³/mol. The Morgan fingerprint density at radius 3 is 2.63 bits per heavy atom. The Morgan fingerprint density at radius 2 is 1.93 bits per heavy atom. The van der Waals surface area contributed by atoms with Crippen LogP contribution in [0.1, 0.15) is 39.8 Å². The summed E-state index contributed by atoms with van der Waals surface area (Å²) in [5.41, 5.74) is 5.55. The molecule has 3 rings (SSSR count). The summed E-state index contributed by atoms with van der Waals surface area (Å²) in [5, 5.41) is 7.46. The first kappa shape index (κ1) is 18.7. The van der Waals surface area contributed by atoms with E-state index in [2.05, 4.69) is 16.5 Å². The van der Waals surface area contributed by atoms with Crippen LogP contribution in [0.15, 0.2) is 48.5 Å². The molecule has 0 bridgehead atoms. The average Bonchev–Trinajstić information content (AvgIpc) is 2.94. The first-order chi connectivity index (χ1) is 13.0. The normalized spacial score (nSPS) is 10.7. The van der Waals surface area contributed by atoms with Crippen LogP contribution in [0.2, 0.25) is 0 Å². The van der Waals surface area contributed by atoms with Crippen LogP contribution in [0.25, 0.3) is 0 Å². The van der Waals surface area contributed by atoms with E-state index in [9.17, 15) is 4.79 Å². The fourth-order valence-electron chi connectivity index (χ4n) is 3.01. The Kier molecular flexibility index (Phi) is 5.60. The number of rotatable bonds is 6. The maximum Gasteiger partial charge on any atom is 0.255 e. The molecule has 0 atom stereocenters. The number of ether oxygens (including phenoxy) is 1. The molecule has 3 aromatic rings. The summed E-state index contributed by atoms with van der Waals surface area (Å²) >= 11 is 0. The molecule has 1 amide bonds. The lowest BCUT2D eigenvalue weighted by molar-refractivity contribution is 0.102. The number of anilines is 1. The van der Waals surface area contributed by atoms with Gasteiger partial charge in [-0.2, -0.15) is 5.10 Å². The third-order valence-electron chi connectivity index (χ3n) is 4.37. The molecule has 5 nitrogen and oxygen atoms in total. The van der Waals surface area contributed by atoms with Crippen molar-refractivity contribution in [2.45, 2.75) is 34.2 Å². The average molecular weight is 363 g/mol. The molecule has 140 valence electrons. The van der Waals surface area contributed by atoms with Gasteiger partial charge in [0.1, 0.15) is 5.75 Å². The number of hydrogen-bond donors (Lipinski definition) is 1. The zero-order valence-electron chi connectivity index (χ0n) is 16.2. The SMILES string of the molecule is CCOc1cc(C(=O)Nc2cccc(Cn3nc(C)cc3C)c2)ccc1C. The van der Waals surface area contributed by atoms with Gasteiger partial charge >= 0.3 is 0 Å². The highest BCUT2D eigenvalue weighted by Gasteiger charge is 2.10. The second-order valence-electron chi connectivity index (χ2n) is 6.65. The van der Waals surface area contributed by atoms with E-state index in [-0.39, 0.29) is 5.91 Å². The van der Waals surface area contributed by atoms with Crippen LogP contribution in [0, 0.1) is 20.8 Å². The minimum Gasteiger partial charge on any atom is -0.494 e. The van der Waals surface area contributed by atoms with Gasteiger partial charge in [0.2, 0.25) is 0 Å². The lowest BCUT2D eigenvalue weighted by Gasteiger charge is -2.11. The zero-order valence-corrected chi connectivity index (χ0v) is 16.2. The van der Waals surface area contributed by atoms with Crippen molar-refractivity contribution in [3.05, 3.63) is 76.6 Å². The fourth-order valence-corrected chi connectivity index (χ4v) is 3.01. The van der Waals surface area contributed by atoms with Crippen molar-refractivity contribution < 1.29 is 9.53 Å². The Bertz CT molecular complexity index is 960. The summed E-state index contributed by atoms with van der Waals surface area (Å²) < 4.78 is 7.55. The van der Waals surface area contributed by atoms with E-state index >= 15 is 0 Å². The van der Waals surface area contributed by atoms with Gasteiger partial charge in [0.15, 0.2) is 0 Å². The van der Waals surface area contributed by atoms with E-state index in [0.717, 1.165) is 34.0 Å². The summed E-state index contributed by atoms with van der Waals surface area (Å²) in [6.07, 6.45) is 0. The molecule has 1 heterocycles. The molecule has 0 radical (unpaired) electrons. The smallest absolute Gasteiger partial charge is 0.255 e. The number of aryl methyl sites for hydroxylation is 3. The van der Waals surface area contributed by atoms with E-state index in [0.29, 0.717) is 18.7 Å². The van der Waals surface area contributed by atoms with E-state index < -0.39 is 0 Å². The number of hydrogen-bond acceptors (Lipinski definition) is 3. The molecule has 2 aromatic carbocycles. The van der Waals surface area contributed by atoms with Crippen LogP contribution in [0.3, 0.4) is 0 Å². The maximum absolute atomic E-state index is 12.6. The van der Waals surface area contributed by atoms with E-state index in [4.69, 9.17) is 4.74 Å². The van der Waals surface area contributed by atoms with Gasteiger partial charge in [-0.1, -0.05) is 18.2 Å². The van der Waals surface area contributed by atoms with Crippen molar-refractivity contribution in [2.24, 2.45) is 0 Å². The molecule has 0 fully saturated rings. The number of carbonyl (C=O) groups excluding carboxylic acids is 1. The molecule has 0 aliphatic rings. The highest BCUT2D eigenvalue weighted by atomic mass is 16.5. The number of amides is 1. The predicted octanol–water partition coefficient (Wildman–Crippen LogP) is 4.51. The maximum atomic E-state index is 12.6. The van der Waals surface area contributed by atoms with Gasteiger partial charge in [0, 0.05) is 16.9 Å². The lowest BCUT2D eigenvalue weighted by Crippen LogP contribution is -2.13. The van der Waals surface area contributed by atoms with Gasteiger partial charge in [-0.25, -0.2) is 0 Å². The molecule has 0 saturated heterocycles. The minimum atomic E-state index is -0.154. The van der Waals surface area contributed by atoms with E-state index in [1.54, 1.807) is 6.07 Å². The molecule has 1 aromatic heterocycles. The Balaban J connectivity index is 1.75. The molecular weight excluding hydrogens is 338 g/mol. The first-order valence-electron chi connectivity index (χ1n) is 9.11. The van der Waals surface area contributed by atoms with Gasteiger partial charge in [-0.15, -0.1) is 0 Å². The Labute approximate surface area is 160 Å². The number of benzene rings is 2. The third kappa shape index (κ3) is 4.56. The number of aromatic nitrogens is 2. The highest BCUT2D eigenvalue weighted by molar-refractivity contribution is 6.04. The van der Waals surface area contributed by atoms with Crippen LogP contribution in [0.4, 0.5) is 5.69 Å². The van der Waals surface area contributed by atoms with Crippen LogP contribution >= 0.6 is 0 Å². The number of carbonyl (C=O) groups is 1. The summed E-state index contributed by atoms with van der Waals surface area (Å²) in [4.78, 5) is 12.6. The molecule has 0 saturated carbocycles. The van der Waals surface area contributed by atoms with Gasteiger partial charge in [0.05, 0.1) is 18.8 Å². The second kappa shape index (κ2) is 8.08. The molecule has 0 spiro atoms. The summed E-state index contributed by atoms with van der Waals surface area (Å²) in [6.45, 7) is 9.16. The first-order valence-corrected chi connectivity index (χ1v) is 9.11. The van der Waals surface area contributed by atoms with Crippen LogP contribution < -0.4 is 10.1 Å². The molecular formula is C22H25N3O2. The number of nitrogens with zero attached hydrogens (tertiary/aromatic N) is 2. The van der Waals surface area contributed by atoms with Crippen molar-refractivity contribution in [3.8, 4) is 5.75 Å². The largest absolute Gasteiger partial charge is 0.494 e. The molecule has 0 unspecified atom stereocenters. The Morgan fingerprint density at radius 1 is 1.11 bits per heavy atom. The molecule has 0 aliphatic carbocycles. The van der Waals surface area contributed by atoms with Crippen LogP contribution in [0.5, 0.6) is 5.75 Å². The molecule has 5 heteroatoms. The standard InChI is InChI=1S/C22H25N3O2/c1-5-27-21-13-19(10-9-15(21)2)22(26)23-20-8-6-7-18(12-20)14-25-17(4)11-16(3)24-25/h6-13H,5,14H2,1-4H3,(H,23,26). The fraction of sp³-hybridized carbons (Fsp3) is 0.273. The van der Waals surface area contributed by atoms with Crippen molar-refractivity contribution in [1.29, 1.82) is 0 Å². The van der Waals surface area contributed by atoms with Crippen molar-refractivity contribution in [1.82, 2.24) is 9.78 Å². The summed E-state index contributed by atoms with van der Waals surface area (Å²) in [6, 6.07) is 15.4. The van der Waals surface area contributed by atoms with Crippen molar-refractivity contribution in [2.75, 3.05) is 11.9 Å². The van der Waals surface area contributed by atoms with E-state index in [1.165, 1.54) is 0 Å². The van der Waals surface area contributed by atoms with Crippen molar-refractivity contribution in [3.63, 3.8) is 0 Å².